The minimum atomic E-state index is -0.388. The van der Waals surface area contributed by atoms with Crippen molar-refractivity contribution in [2.45, 2.75) is 26.7 Å². The molecule has 0 spiro atoms. The maximum Gasteiger partial charge on any atom is 0.268 e. The van der Waals surface area contributed by atoms with Gasteiger partial charge in [-0.2, -0.15) is 0 Å². The smallest absolute Gasteiger partial charge is 0.268 e. The topological polar surface area (TPSA) is 135 Å². The summed E-state index contributed by atoms with van der Waals surface area (Å²) in [6.07, 6.45) is 1.49. The van der Waals surface area contributed by atoms with Gasteiger partial charge in [-0.25, -0.2) is 0 Å². The second kappa shape index (κ2) is 11.6. The van der Waals surface area contributed by atoms with Gasteiger partial charge in [0.1, 0.15) is 11.4 Å². The summed E-state index contributed by atoms with van der Waals surface area (Å²) in [4.78, 5) is 22.4. The van der Waals surface area contributed by atoms with Crippen molar-refractivity contribution in [2.75, 3.05) is 26.2 Å². The third-order valence-corrected chi connectivity index (χ3v) is 2.59. The van der Waals surface area contributed by atoms with Crippen molar-refractivity contribution in [1.29, 1.82) is 0 Å². The monoisotopic (exact) mass is 301 g/mol. The molecule has 9 heteroatoms. The summed E-state index contributed by atoms with van der Waals surface area (Å²) in [6, 6.07) is 0. The summed E-state index contributed by atoms with van der Waals surface area (Å²) in [5.74, 6) is -0.776. The van der Waals surface area contributed by atoms with Crippen LogP contribution in [-0.2, 0) is 9.59 Å². The van der Waals surface area contributed by atoms with Gasteiger partial charge in [-0.3, -0.25) is 9.59 Å². The predicted octanol–water partition coefficient (Wildman–Crippen LogP) is -0.711. The molecule has 0 fully saturated rings. The van der Waals surface area contributed by atoms with Crippen LogP contribution in [0.15, 0.2) is 10.3 Å². The van der Waals surface area contributed by atoms with Crippen LogP contribution < -0.4 is 16.0 Å². The minimum Gasteiger partial charge on any atom is -0.410 e. The van der Waals surface area contributed by atoms with E-state index < -0.39 is 0 Å². The summed E-state index contributed by atoms with van der Waals surface area (Å²) in [6.45, 7) is 5.26. The first-order valence-corrected chi connectivity index (χ1v) is 6.67. The van der Waals surface area contributed by atoms with E-state index >= 15 is 0 Å². The zero-order chi connectivity index (χ0) is 16.1. The van der Waals surface area contributed by atoms with Crippen LogP contribution in [0.1, 0.15) is 26.7 Å². The van der Waals surface area contributed by atoms with Crippen LogP contribution >= 0.6 is 0 Å². The molecule has 21 heavy (non-hydrogen) atoms. The third kappa shape index (κ3) is 9.38. The van der Waals surface area contributed by atoms with E-state index in [4.69, 9.17) is 10.4 Å². The highest BCUT2D eigenvalue weighted by molar-refractivity contribution is 6.38. The summed E-state index contributed by atoms with van der Waals surface area (Å²) in [5.41, 5.74) is 0.0563. The second-order valence-corrected chi connectivity index (χ2v) is 4.34. The number of nitrogens with one attached hydrogen (secondary N) is 3. The van der Waals surface area contributed by atoms with Gasteiger partial charge in [0.05, 0.1) is 0 Å². The Bertz CT molecular complexity index is 359. The van der Waals surface area contributed by atoms with Gasteiger partial charge < -0.3 is 26.4 Å². The third-order valence-electron chi connectivity index (χ3n) is 2.59. The van der Waals surface area contributed by atoms with Crippen LogP contribution in [0.25, 0.3) is 0 Å². The molecule has 0 radical (unpaired) electrons. The van der Waals surface area contributed by atoms with E-state index in [1.165, 1.54) is 13.8 Å². The van der Waals surface area contributed by atoms with Gasteiger partial charge in [-0.15, -0.1) is 0 Å². The quantitative estimate of drug-likeness (QED) is 0.157. The van der Waals surface area contributed by atoms with Gasteiger partial charge in [0.25, 0.3) is 11.8 Å². The van der Waals surface area contributed by atoms with Crippen LogP contribution in [0.2, 0.25) is 0 Å². The molecule has 120 valence electrons. The normalized spacial score (nSPS) is 12.1. The number of nitrogens with zero attached hydrogens (tertiary/aromatic N) is 2. The predicted molar refractivity (Wildman–Crippen MR) is 77.9 cm³/mol. The van der Waals surface area contributed by atoms with E-state index in [9.17, 15) is 9.59 Å². The maximum atomic E-state index is 11.2. The number of rotatable bonds is 10. The molecule has 0 aliphatic heterocycles. The zero-order valence-corrected chi connectivity index (χ0v) is 12.3. The van der Waals surface area contributed by atoms with Crippen LogP contribution in [0, 0.1) is 0 Å². The molecule has 0 saturated heterocycles. The molecule has 0 aromatic carbocycles. The van der Waals surface area contributed by atoms with Gasteiger partial charge in [0.15, 0.2) is 0 Å². The second-order valence-electron chi connectivity index (χ2n) is 4.34. The van der Waals surface area contributed by atoms with Gasteiger partial charge >= 0.3 is 0 Å². The zero-order valence-electron chi connectivity index (χ0n) is 12.3. The molecule has 9 nitrogen and oxygen atoms in total. The van der Waals surface area contributed by atoms with E-state index in [2.05, 4.69) is 26.3 Å². The Balaban J connectivity index is 3.42. The number of carbonyl (C=O) groups excluding carboxylic acids is 2. The minimum absolute atomic E-state index is 0.0282. The van der Waals surface area contributed by atoms with Crippen molar-refractivity contribution < 1.29 is 20.0 Å². The van der Waals surface area contributed by atoms with Crippen molar-refractivity contribution in [2.24, 2.45) is 10.3 Å². The molecular formula is C12H23N5O4. The Kier molecular flexibility index (Phi) is 10.5. The summed E-state index contributed by atoms with van der Waals surface area (Å²) >= 11 is 0. The summed E-state index contributed by atoms with van der Waals surface area (Å²) in [5, 5.41) is 30.7. The molecule has 0 aromatic rings. The highest BCUT2D eigenvalue weighted by atomic mass is 16.4. The highest BCUT2D eigenvalue weighted by Gasteiger charge is 2.05. The van der Waals surface area contributed by atoms with Crippen LogP contribution in [0.4, 0.5) is 0 Å². The Morgan fingerprint density at radius 2 is 1.19 bits per heavy atom. The van der Waals surface area contributed by atoms with Gasteiger partial charge in [-0.05, 0) is 39.8 Å². The number of hydrogen-bond donors (Lipinski definition) is 5. The Morgan fingerprint density at radius 1 is 0.810 bits per heavy atom. The summed E-state index contributed by atoms with van der Waals surface area (Å²) < 4.78 is 0. The fourth-order valence-electron chi connectivity index (χ4n) is 1.30. The highest BCUT2D eigenvalue weighted by Crippen LogP contribution is 1.81. The molecule has 0 heterocycles. The SMILES string of the molecule is C/C(=N\O)C(=O)NCCCNCCCNC(=O)/C(C)=N/O. The Morgan fingerprint density at radius 3 is 1.52 bits per heavy atom. The maximum absolute atomic E-state index is 11.2. The first kappa shape index (κ1) is 18.8. The van der Waals surface area contributed by atoms with Crippen molar-refractivity contribution in [3.63, 3.8) is 0 Å². The lowest BCUT2D eigenvalue weighted by atomic mass is 10.3. The van der Waals surface area contributed by atoms with Crippen molar-refractivity contribution in [3.05, 3.63) is 0 Å². The molecule has 0 rings (SSSR count). The van der Waals surface area contributed by atoms with E-state index in [0.29, 0.717) is 13.1 Å². The van der Waals surface area contributed by atoms with Gasteiger partial charge in [-0.1, -0.05) is 10.3 Å². The average molecular weight is 301 g/mol. The number of hydrogen-bond acceptors (Lipinski definition) is 7. The number of oxime groups is 2. The average Bonchev–Trinajstić information content (AvgIpc) is 2.50. The lowest BCUT2D eigenvalue weighted by molar-refractivity contribution is -0.115. The van der Waals surface area contributed by atoms with Crippen molar-refractivity contribution in [3.8, 4) is 0 Å². The number of carbonyl (C=O) groups is 2. The molecule has 0 aromatic heterocycles. The lowest BCUT2D eigenvalue weighted by Crippen LogP contribution is -2.33. The first-order chi connectivity index (χ1) is 10.0. The van der Waals surface area contributed by atoms with E-state index in [1.54, 1.807) is 0 Å². The molecule has 0 bridgehead atoms. The Labute approximate surface area is 123 Å². The molecule has 5 N–H and O–H groups in total. The van der Waals surface area contributed by atoms with Crippen molar-refractivity contribution in [1.82, 2.24) is 16.0 Å². The van der Waals surface area contributed by atoms with E-state index in [1.807, 2.05) is 0 Å². The molecular weight excluding hydrogens is 278 g/mol. The fraction of sp³-hybridized carbons (Fsp3) is 0.667. The fourth-order valence-corrected chi connectivity index (χ4v) is 1.30. The van der Waals surface area contributed by atoms with Crippen LogP contribution in [0.5, 0.6) is 0 Å². The molecule has 0 atom stereocenters. The van der Waals surface area contributed by atoms with Crippen LogP contribution in [-0.4, -0.2) is 59.8 Å². The molecule has 0 aliphatic carbocycles. The standard InChI is InChI=1S/C12H23N5O4/c1-9(16-20)11(18)14-7-3-5-13-6-4-8-15-12(19)10(2)17-21/h13,20-21H,3-8H2,1-2H3,(H,14,18)(H,15,19)/b16-9+,17-10+. The van der Waals surface area contributed by atoms with Crippen LogP contribution in [0.3, 0.4) is 0 Å². The molecule has 0 unspecified atom stereocenters. The first-order valence-electron chi connectivity index (χ1n) is 6.67. The van der Waals surface area contributed by atoms with Gasteiger partial charge in [0.2, 0.25) is 0 Å². The molecule has 2 amide bonds. The van der Waals surface area contributed by atoms with E-state index in [0.717, 1.165) is 25.9 Å². The largest absolute Gasteiger partial charge is 0.410 e. The van der Waals surface area contributed by atoms with E-state index in [-0.39, 0.29) is 23.2 Å². The molecule has 0 saturated carbocycles. The summed E-state index contributed by atoms with van der Waals surface area (Å²) in [7, 11) is 0. The number of amides is 2. The molecule has 0 aliphatic rings. The van der Waals surface area contributed by atoms with Gasteiger partial charge in [0, 0.05) is 13.1 Å². The Hall–Kier alpha value is -2.16. The van der Waals surface area contributed by atoms with Crippen molar-refractivity contribution >= 4 is 23.2 Å². The lowest BCUT2D eigenvalue weighted by Gasteiger charge is -2.07.